The Kier molecular flexibility index (Phi) is 8.94. The second-order valence-corrected chi connectivity index (χ2v) is 6.93. The molecule has 3 unspecified atom stereocenters. The van der Waals surface area contributed by atoms with Crippen LogP contribution in [0.1, 0.15) is 33.3 Å². The third-order valence-electron chi connectivity index (χ3n) is 4.31. The van der Waals surface area contributed by atoms with Crippen molar-refractivity contribution in [2.75, 3.05) is 6.61 Å². The fraction of sp³-hybridized carbons (Fsp3) is 0.524. The van der Waals surface area contributed by atoms with Crippen LogP contribution in [0, 0.1) is 0 Å². The van der Waals surface area contributed by atoms with Crippen LogP contribution in [0.15, 0.2) is 24.3 Å². The summed E-state index contributed by atoms with van der Waals surface area (Å²) in [4.78, 5) is 46.6. The fourth-order valence-electron chi connectivity index (χ4n) is 3.14. The molecule has 0 bridgehead atoms. The molecule has 1 aliphatic rings. The van der Waals surface area contributed by atoms with E-state index in [0.29, 0.717) is 0 Å². The first kappa shape index (κ1) is 25.1. The maximum absolute atomic E-state index is 13.4. The highest BCUT2D eigenvalue weighted by Gasteiger charge is 2.53. The normalized spacial score (nSPS) is 24.7. The van der Waals surface area contributed by atoms with Crippen molar-refractivity contribution >= 4 is 23.9 Å². The van der Waals surface area contributed by atoms with Crippen LogP contribution in [0.25, 0.3) is 0 Å². The first-order valence-electron chi connectivity index (χ1n) is 9.73. The summed E-state index contributed by atoms with van der Waals surface area (Å²) in [6.45, 7) is 3.28. The Morgan fingerprint density at radius 1 is 0.844 bits per heavy atom. The number of hydrogen-bond donors (Lipinski definition) is 0. The molecule has 10 nitrogen and oxygen atoms in total. The molecular weight excluding hydrogens is 431 g/mol. The minimum absolute atomic E-state index is 0.0934. The summed E-state index contributed by atoms with van der Waals surface area (Å²) in [6, 6.07) is 6.17. The highest BCUT2D eigenvalue weighted by molar-refractivity contribution is 5.68. The molecular formula is C21H25FO10. The highest BCUT2D eigenvalue weighted by Crippen LogP contribution is 2.32. The van der Waals surface area contributed by atoms with Crippen LogP contribution in [0.4, 0.5) is 4.39 Å². The molecule has 1 heterocycles. The van der Waals surface area contributed by atoms with Crippen LogP contribution in [0.3, 0.4) is 0 Å². The molecule has 1 aliphatic heterocycles. The number of rotatable bonds is 8. The van der Waals surface area contributed by atoms with E-state index < -0.39 is 61.3 Å². The Morgan fingerprint density at radius 2 is 1.41 bits per heavy atom. The highest BCUT2D eigenvalue weighted by atomic mass is 19.1. The summed E-state index contributed by atoms with van der Waals surface area (Å²) < 4.78 is 45.8. The van der Waals surface area contributed by atoms with Gasteiger partial charge in [-0.3, -0.25) is 19.2 Å². The molecule has 1 saturated heterocycles. The van der Waals surface area contributed by atoms with Gasteiger partial charge in [-0.05, 0) is 6.07 Å². The summed E-state index contributed by atoms with van der Waals surface area (Å²) in [5.74, 6) is -2.81. The van der Waals surface area contributed by atoms with Gasteiger partial charge in [-0.2, -0.15) is 0 Å². The average Bonchev–Trinajstić information content (AvgIpc) is 2.70. The van der Waals surface area contributed by atoms with Crippen molar-refractivity contribution in [2.45, 2.75) is 65.1 Å². The Bertz CT molecular complexity index is 842. The molecule has 1 aromatic carbocycles. The van der Waals surface area contributed by atoms with E-state index >= 15 is 0 Å². The minimum atomic E-state index is -1.41. The maximum Gasteiger partial charge on any atom is 0.303 e. The lowest BCUT2D eigenvalue weighted by Gasteiger charge is -2.44. The van der Waals surface area contributed by atoms with E-state index in [-0.39, 0.29) is 17.9 Å². The van der Waals surface area contributed by atoms with Crippen molar-refractivity contribution in [3.8, 4) is 5.75 Å². The first-order chi connectivity index (χ1) is 15.1. The van der Waals surface area contributed by atoms with Crippen molar-refractivity contribution in [3.63, 3.8) is 0 Å². The zero-order valence-electron chi connectivity index (χ0n) is 18.1. The summed E-state index contributed by atoms with van der Waals surface area (Å²) in [6.07, 6.45) is -6.61. The summed E-state index contributed by atoms with van der Waals surface area (Å²) in [5, 5.41) is 0. The van der Waals surface area contributed by atoms with Crippen LogP contribution in [-0.2, 0) is 49.5 Å². The van der Waals surface area contributed by atoms with Gasteiger partial charge in [0.2, 0.25) is 12.4 Å². The van der Waals surface area contributed by atoms with E-state index in [1.165, 1.54) is 19.1 Å². The summed E-state index contributed by atoms with van der Waals surface area (Å²) in [7, 11) is 0. The van der Waals surface area contributed by atoms with E-state index in [0.717, 1.165) is 20.8 Å². The van der Waals surface area contributed by atoms with E-state index in [1.807, 2.05) is 0 Å². The van der Waals surface area contributed by atoms with Crippen LogP contribution in [-0.4, -0.2) is 61.2 Å². The summed E-state index contributed by atoms with van der Waals surface area (Å²) >= 11 is 0. The quantitative estimate of drug-likeness (QED) is 0.421. The SMILES string of the molecule is CC(=O)OCC1O[C@@H](Oc2ccccc2CF)C(OC(C)=O)C(OC(C)=O)[C@H]1OC(C)=O. The van der Waals surface area contributed by atoms with E-state index in [9.17, 15) is 23.6 Å². The van der Waals surface area contributed by atoms with Gasteiger partial charge >= 0.3 is 23.9 Å². The molecule has 0 aromatic heterocycles. The zero-order chi connectivity index (χ0) is 23.8. The van der Waals surface area contributed by atoms with Gasteiger partial charge in [-0.25, -0.2) is 4.39 Å². The second kappa shape index (κ2) is 11.4. The predicted molar refractivity (Wildman–Crippen MR) is 104 cm³/mol. The van der Waals surface area contributed by atoms with Crippen molar-refractivity contribution < 1.29 is 52.0 Å². The van der Waals surface area contributed by atoms with Gasteiger partial charge in [0.15, 0.2) is 12.2 Å². The monoisotopic (exact) mass is 456 g/mol. The molecule has 0 radical (unpaired) electrons. The molecule has 32 heavy (non-hydrogen) atoms. The number of carbonyl (C=O) groups is 4. The lowest BCUT2D eigenvalue weighted by molar-refractivity contribution is -0.288. The molecule has 0 spiro atoms. The lowest BCUT2D eigenvalue weighted by Crippen LogP contribution is -2.63. The Labute approximate surface area is 183 Å². The molecule has 176 valence electrons. The molecule has 1 aromatic rings. The molecule has 0 saturated carbocycles. The Hall–Kier alpha value is -3.21. The topological polar surface area (TPSA) is 124 Å². The second-order valence-electron chi connectivity index (χ2n) is 6.93. The van der Waals surface area contributed by atoms with Crippen LogP contribution < -0.4 is 4.74 Å². The smallest absolute Gasteiger partial charge is 0.303 e. The number of benzene rings is 1. The average molecular weight is 456 g/mol. The first-order valence-corrected chi connectivity index (χ1v) is 9.73. The molecule has 5 atom stereocenters. The number of carbonyl (C=O) groups excluding carboxylic acids is 4. The number of para-hydroxylation sites is 1. The van der Waals surface area contributed by atoms with Crippen molar-refractivity contribution in [3.05, 3.63) is 29.8 Å². The van der Waals surface area contributed by atoms with Crippen LogP contribution >= 0.6 is 0 Å². The molecule has 0 N–H and O–H groups in total. The predicted octanol–water partition coefficient (Wildman–Crippen LogP) is 1.62. The molecule has 11 heteroatoms. The van der Waals surface area contributed by atoms with Crippen LogP contribution in [0.2, 0.25) is 0 Å². The number of esters is 4. The van der Waals surface area contributed by atoms with Gasteiger partial charge < -0.3 is 28.4 Å². The van der Waals surface area contributed by atoms with Gasteiger partial charge in [0.25, 0.3) is 0 Å². The van der Waals surface area contributed by atoms with Crippen molar-refractivity contribution in [1.29, 1.82) is 0 Å². The zero-order valence-corrected chi connectivity index (χ0v) is 18.1. The minimum Gasteiger partial charge on any atom is -0.463 e. The van der Waals surface area contributed by atoms with E-state index in [1.54, 1.807) is 12.1 Å². The van der Waals surface area contributed by atoms with Crippen molar-refractivity contribution in [1.82, 2.24) is 0 Å². The van der Waals surface area contributed by atoms with Gasteiger partial charge in [0.05, 0.1) is 0 Å². The largest absolute Gasteiger partial charge is 0.463 e. The molecule has 2 rings (SSSR count). The lowest BCUT2D eigenvalue weighted by atomic mass is 9.98. The third-order valence-corrected chi connectivity index (χ3v) is 4.31. The van der Waals surface area contributed by atoms with Gasteiger partial charge in [-0.1, -0.05) is 18.2 Å². The van der Waals surface area contributed by atoms with Gasteiger partial charge in [-0.15, -0.1) is 0 Å². The van der Waals surface area contributed by atoms with Gasteiger partial charge in [0.1, 0.15) is 25.1 Å². The van der Waals surface area contributed by atoms with Crippen molar-refractivity contribution in [2.24, 2.45) is 0 Å². The van der Waals surface area contributed by atoms with E-state index in [2.05, 4.69) is 0 Å². The Balaban J connectivity index is 2.48. The summed E-state index contributed by atoms with van der Waals surface area (Å²) in [5.41, 5.74) is 0.195. The van der Waals surface area contributed by atoms with Gasteiger partial charge in [0, 0.05) is 33.3 Å². The molecule has 1 fully saturated rings. The fourth-order valence-corrected chi connectivity index (χ4v) is 3.14. The third kappa shape index (κ3) is 6.91. The molecule has 0 amide bonds. The standard InChI is InChI=1S/C21H25FO10/c1-11(23)27-10-17-18(28-12(2)24)19(29-13(3)25)20(30-14(4)26)21(32-17)31-16-8-6-5-7-15(16)9-22/h5-8,17-21H,9-10H2,1-4H3/t17?,18-,19?,20?,21+/m0/s1. The maximum atomic E-state index is 13.4. The Morgan fingerprint density at radius 3 is 1.97 bits per heavy atom. The number of ether oxygens (including phenoxy) is 6. The van der Waals surface area contributed by atoms with Crippen LogP contribution in [0.5, 0.6) is 5.75 Å². The van der Waals surface area contributed by atoms with E-state index in [4.69, 9.17) is 28.4 Å². The number of hydrogen-bond acceptors (Lipinski definition) is 10. The number of alkyl halides is 1. The molecule has 0 aliphatic carbocycles. The number of halogens is 1.